The van der Waals surface area contributed by atoms with Crippen molar-refractivity contribution < 1.29 is 18.7 Å². The highest BCUT2D eigenvalue weighted by Crippen LogP contribution is 2.37. The van der Waals surface area contributed by atoms with E-state index in [0.717, 1.165) is 21.9 Å². The summed E-state index contributed by atoms with van der Waals surface area (Å²) in [6, 6.07) is 22.3. The Balaban J connectivity index is 1.55. The molecule has 1 amide bonds. The standard InChI is InChI=1S/C27H21N3O4/c1-32-22-13-12-18(15-23(22)33-2)24-16-29-27(34-24)19-9-5-7-17-8-6-11-20(25(17)19)30-26(31)21-10-3-4-14-28-21/h3-16H,1-2H3,(H,30,31). The smallest absolute Gasteiger partial charge is 0.274 e. The van der Waals surface area contributed by atoms with Gasteiger partial charge < -0.3 is 19.2 Å². The van der Waals surface area contributed by atoms with Crippen LogP contribution in [0, 0.1) is 0 Å². The van der Waals surface area contributed by atoms with Crippen molar-refractivity contribution in [3.05, 3.63) is 90.9 Å². The normalized spacial score (nSPS) is 10.8. The van der Waals surface area contributed by atoms with Crippen molar-refractivity contribution >= 4 is 22.4 Å². The molecule has 2 aromatic heterocycles. The molecule has 1 N–H and O–H groups in total. The first-order valence-electron chi connectivity index (χ1n) is 10.6. The maximum absolute atomic E-state index is 12.8. The van der Waals surface area contributed by atoms with Gasteiger partial charge in [0, 0.05) is 28.4 Å². The summed E-state index contributed by atoms with van der Waals surface area (Å²) in [5, 5.41) is 4.75. The van der Waals surface area contributed by atoms with E-state index in [9.17, 15) is 4.79 Å². The van der Waals surface area contributed by atoms with Gasteiger partial charge in [-0.05, 0) is 47.9 Å². The van der Waals surface area contributed by atoms with Crippen LogP contribution in [0.2, 0.25) is 0 Å². The number of carbonyl (C=O) groups excluding carboxylic acids is 1. The van der Waals surface area contributed by atoms with Gasteiger partial charge in [0.1, 0.15) is 5.69 Å². The van der Waals surface area contributed by atoms with E-state index < -0.39 is 0 Å². The monoisotopic (exact) mass is 451 g/mol. The van der Waals surface area contributed by atoms with Crippen LogP contribution in [0.25, 0.3) is 33.6 Å². The van der Waals surface area contributed by atoms with E-state index in [1.54, 1.807) is 44.8 Å². The van der Waals surface area contributed by atoms with Crippen LogP contribution in [0.4, 0.5) is 5.69 Å². The van der Waals surface area contributed by atoms with Crippen molar-refractivity contribution in [1.82, 2.24) is 9.97 Å². The quantitative estimate of drug-likeness (QED) is 0.350. The summed E-state index contributed by atoms with van der Waals surface area (Å²) in [4.78, 5) is 21.4. The summed E-state index contributed by atoms with van der Waals surface area (Å²) < 4.78 is 16.9. The lowest BCUT2D eigenvalue weighted by Crippen LogP contribution is -2.13. The minimum Gasteiger partial charge on any atom is -0.493 e. The molecule has 0 spiro atoms. The van der Waals surface area contributed by atoms with Gasteiger partial charge in [0.25, 0.3) is 5.91 Å². The lowest BCUT2D eigenvalue weighted by atomic mass is 10.0. The Morgan fingerprint density at radius 2 is 1.71 bits per heavy atom. The zero-order valence-corrected chi connectivity index (χ0v) is 18.6. The van der Waals surface area contributed by atoms with Crippen molar-refractivity contribution in [2.24, 2.45) is 0 Å². The Labute approximate surface area is 196 Å². The average Bonchev–Trinajstić information content (AvgIpc) is 3.39. The molecule has 2 heterocycles. The Hall–Kier alpha value is -4.65. The number of carbonyl (C=O) groups is 1. The van der Waals surface area contributed by atoms with E-state index in [1.165, 1.54) is 0 Å². The van der Waals surface area contributed by atoms with E-state index in [0.29, 0.717) is 34.5 Å². The van der Waals surface area contributed by atoms with E-state index >= 15 is 0 Å². The number of nitrogens with one attached hydrogen (secondary N) is 1. The fraction of sp³-hybridized carbons (Fsp3) is 0.0741. The highest BCUT2D eigenvalue weighted by Gasteiger charge is 2.17. The molecule has 0 radical (unpaired) electrons. The number of pyridine rings is 1. The molecule has 3 aromatic carbocycles. The second-order valence-electron chi connectivity index (χ2n) is 7.48. The Morgan fingerprint density at radius 3 is 2.47 bits per heavy atom. The van der Waals surface area contributed by atoms with Crippen molar-refractivity contribution in [2.75, 3.05) is 19.5 Å². The molecule has 0 atom stereocenters. The number of hydrogen-bond donors (Lipinski definition) is 1. The summed E-state index contributed by atoms with van der Waals surface area (Å²) in [6.07, 6.45) is 3.26. The maximum atomic E-state index is 12.8. The molecule has 7 nitrogen and oxygen atoms in total. The number of nitrogens with zero attached hydrogens (tertiary/aromatic N) is 2. The molecule has 0 bridgehead atoms. The molecule has 0 saturated heterocycles. The number of methoxy groups -OCH3 is 2. The van der Waals surface area contributed by atoms with Crippen LogP contribution in [0.15, 0.2) is 89.6 Å². The number of rotatable bonds is 6. The maximum Gasteiger partial charge on any atom is 0.274 e. The number of amides is 1. The molecular weight excluding hydrogens is 430 g/mol. The van der Waals surface area contributed by atoms with Crippen LogP contribution in [-0.4, -0.2) is 30.1 Å². The second kappa shape index (κ2) is 9.07. The number of hydrogen-bond acceptors (Lipinski definition) is 6. The van der Waals surface area contributed by atoms with Gasteiger partial charge >= 0.3 is 0 Å². The van der Waals surface area contributed by atoms with Gasteiger partial charge in [0.15, 0.2) is 17.3 Å². The molecule has 34 heavy (non-hydrogen) atoms. The minimum absolute atomic E-state index is 0.290. The first-order valence-corrected chi connectivity index (χ1v) is 10.6. The Bertz CT molecular complexity index is 1470. The van der Waals surface area contributed by atoms with Crippen molar-refractivity contribution in [1.29, 1.82) is 0 Å². The topological polar surface area (TPSA) is 86.5 Å². The van der Waals surface area contributed by atoms with Gasteiger partial charge in [-0.3, -0.25) is 9.78 Å². The van der Waals surface area contributed by atoms with Crippen LogP contribution in [-0.2, 0) is 0 Å². The van der Waals surface area contributed by atoms with Gasteiger partial charge in [-0.25, -0.2) is 4.98 Å². The molecule has 0 aliphatic carbocycles. The fourth-order valence-corrected chi connectivity index (χ4v) is 3.83. The van der Waals surface area contributed by atoms with Gasteiger partial charge in [-0.1, -0.05) is 30.3 Å². The van der Waals surface area contributed by atoms with Crippen molar-refractivity contribution in [2.45, 2.75) is 0 Å². The third-order valence-corrected chi connectivity index (χ3v) is 5.45. The van der Waals surface area contributed by atoms with Crippen LogP contribution < -0.4 is 14.8 Å². The van der Waals surface area contributed by atoms with Crippen LogP contribution in [0.1, 0.15) is 10.5 Å². The number of ether oxygens (including phenoxy) is 2. The number of anilines is 1. The number of oxazole rings is 1. The minimum atomic E-state index is -0.290. The van der Waals surface area contributed by atoms with E-state index in [-0.39, 0.29) is 5.91 Å². The average molecular weight is 451 g/mol. The predicted octanol–water partition coefficient (Wildman–Crippen LogP) is 5.83. The number of benzene rings is 3. The third-order valence-electron chi connectivity index (χ3n) is 5.45. The lowest BCUT2D eigenvalue weighted by Gasteiger charge is -2.11. The molecule has 5 rings (SSSR count). The first kappa shape index (κ1) is 21.2. The van der Waals surface area contributed by atoms with Crippen LogP contribution >= 0.6 is 0 Å². The predicted molar refractivity (Wildman–Crippen MR) is 130 cm³/mol. The van der Waals surface area contributed by atoms with E-state index in [1.807, 2.05) is 54.6 Å². The van der Waals surface area contributed by atoms with Gasteiger partial charge in [0.2, 0.25) is 5.89 Å². The summed E-state index contributed by atoms with van der Waals surface area (Å²) >= 11 is 0. The van der Waals surface area contributed by atoms with Gasteiger partial charge in [-0.15, -0.1) is 0 Å². The Morgan fingerprint density at radius 1 is 0.882 bits per heavy atom. The van der Waals surface area contributed by atoms with Gasteiger partial charge in [0.05, 0.1) is 20.4 Å². The van der Waals surface area contributed by atoms with Gasteiger partial charge in [-0.2, -0.15) is 0 Å². The summed E-state index contributed by atoms with van der Waals surface area (Å²) in [7, 11) is 3.18. The molecule has 0 fully saturated rings. The van der Waals surface area contributed by atoms with Crippen molar-refractivity contribution in [3.63, 3.8) is 0 Å². The lowest BCUT2D eigenvalue weighted by molar-refractivity contribution is 0.102. The third kappa shape index (κ3) is 3.95. The largest absolute Gasteiger partial charge is 0.493 e. The van der Waals surface area contributed by atoms with Crippen LogP contribution in [0.3, 0.4) is 0 Å². The Kier molecular flexibility index (Phi) is 5.66. The second-order valence-corrected chi connectivity index (χ2v) is 7.48. The van der Waals surface area contributed by atoms with Crippen molar-refractivity contribution in [3.8, 4) is 34.3 Å². The molecule has 5 aromatic rings. The molecule has 168 valence electrons. The zero-order chi connectivity index (χ0) is 23.5. The SMILES string of the molecule is COc1ccc(-c2cnc(-c3cccc4cccc(NC(=O)c5ccccn5)c34)o2)cc1OC. The highest BCUT2D eigenvalue weighted by molar-refractivity contribution is 6.11. The molecule has 7 heteroatoms. The van der Waals surface area contributed by atoms with E-state index in [2.05, 4.69) is 15.3 Å². The number of aromatic nitrogens is 2. The first-order chi connectivity index (χ1) is 16.7. The zero-order valence-electron chi connectivity index (χ0n) is 18.6. The molecular formula is C27H21N3O4. The molecule has 0 saturated carbocycles. The molecule has 0 unspecified atom stereocenters. The van der Waals surface area contributed by atoms with Crippen LogP contribution in [0.5, 0.6) is 11.5 Å². The molecule has 0 aliphatic rings. The summed E-state index contributed by atoms with van der Waals surface area (Å²) in [5.74, 6) is 1.97. The molecule has 0 aliphatic heterocycles. The number of fused-ring (bicyclic) bond motifs is 1. The fourth-order valence-electron chi connectivity index (χ4n) is 3.83. The highest BCUT2D eigenvalue weighted by atomic mass is 16.5. The summed E-state index contributed by atoms with van der Waals surface area (Å²) in [5.41, 5.74) is 2.56. The van der Waals surface area contributed by atoms with E-state index in [4.69, 9.17) is 13.9 Å². The summed E-state index contributed by atoms with van der Waals surface area (Å²) in [6.45, 7) is 0.